The molecule has 0 aliphatic carbocycles. The SMILES string of the molecule is CC(C)C(=O)N1CCCC1C(=O)Nc1nc2cc(Cl)ccc2n1C. The number of likely N-dealkylation sites (tertiary alicyclic amines) is 1. The molecular weight excluding hydrogens is 328 g/mol. The number of fused-ring (bicyclic) bond motifs is 1. The minimum Gasteiger partial charge on any atom is -0.330 e. The van der Waals surface area contributed by atoms with Gasteiger partial charge in [-0.1, -0.05) is 25.4 Å². The molecule has 2 heterocycles. The first-order valence-electron chi connectivity index (χ1n) is 8.12. The summed E-state index contributed by atoms with van der Waals surface area (Å²) in [5.41, 5.74) is 1.61. The number of halogens is 1. The summed E-state index contributed by atoms with van der Waals surface area (Å²) in [6.45, 7) is 4.34. The van der Waals surface area contributed by atoms with E-state index in [1.54, 1.807) is 17.0 Å². The smallest absolute Gasteiger partial charge is 0.249 e. The van der Waals surface area contributed by atoms with E-state index in [2.05, 4.69) is 10.3 Å². The number of rotatable bonds is 3. The lowest BCUT2D eigenvalue weighted by atomic mass is 10.1. The molecule has 2 aromatic rings. The number of hydrogen-bond donors (Lipinski definition) is 1. The van der Waals surface area contributed by atoms with Crippen LogP contribution in [-0.2, 0) is 16.6 Å². The van der Waals surface area contributed by atoms with E-state index in [9.17, 15) is 9.59 Å². The van der Waals surface area contributed by atoms with Gasteiger partial charge in [0, 0.05) is 24.5 Å². The first kappa shape index (κ1) is 16.8. The largest absolute Gasteiger partial charge is 0.330 e. The highest BCUT2D eigenvalue weighted by Gasteiger charge is 2.35. The van der Waals surface area contributed by atoms with Gasteiger partial charge in [0.05, 0.1) is 11.0 Å². The number of carbonyl (C=O) groups is 2. The summed E-state index contributed by atoms with van der Waals surface area (Å²) in [5.74, 6) is 0.174. The topological polar surface area (TPSA) is 67.2 Å². The lowest BCUT2D eigenvalue weighted by molar-refractivity contribution is -0.139. The van der Waals surface area contributed by atoms with Gasteiger partial charge < -0.3 is 9.47 Å². The molecule has 1 saturated heterocycles. The van der Waals surface area contributed by atoms with Crippen LogP contribution in [0.2, 0.25) is 5.02 Å². The van der Waals surface area contributed by atoms with Crippen LogP contribution in [0.4, 0.5) is 5.95 Å². The molecule has 1 fully saturated rings. The number of hydrogen-bond acceptors (Lipinski definition) is 3. The number of amides is 2. The highest BCUT2D eigenvalue weighted by molar-refractivity contribution is 6.31. The van der Waals surface area contributed by atoms with Crippen molar-refractivity contribution < 1.29 is 9.59 Å². The molecule has 128 valence electrons. The Bertz CT molecular complexity index is 799. The first-order chi connectivity index (χ1) is 11.4. The van der Waals surface area contributed by atoms with E-state index in [-0.39, 0.29) is 17.7 Å². The van der Waals surface area contributed by atoms with Crippen LogP contribution in [-0.4, -0.2) is 38.9 Å². The molecule has 2 amide bonds. The fourth-order valence-corrected chi connectivity index (χ4v) is 3.28. The maximum atomic E-state index is 12.7. The van der Waals surface area contributed by atoms with E-state index in [0.717, 1.165) is 17.5 Å². The fourth-order valence-electron chi connectivity index (χ4n) is 3.11. The molecule has 1 aromatic carbocycles. The fraction of sp³-hybridized carbons (Fsp3) is 0.471. The van der Waals surface area contributed by atoms with Gasteiger partial charge in [-0.05, 0) is 31.0 Å². The second-order valence-corrected chi connectivity index (χ2v) is 6.90. The van der Waals surface area contributed by atoms with Gasteiger partial charge in [-0.3, -0.25) is 14.9 Å². The summed E-state index contributed by atoms with van der Waals surface area (Å²) < 4.78 is 1.81. The standard InChI is InChI=1S/C17H21ClN4O2/c1-10(2)16(24)22-8-4-5-14(22)15(23)20-17-19-12-9-11(18)6-7-13(12)21(17)3/h6-7,9-10,14H,4-5,8H2,1-3H3,(H,19,20,23). The minimum absolute atomic E-state index is 0.0180. The van der Waals surface area contributed by atoms with Crippen LogP contribution in [0.5, 0.6) is 0 Å². The first-order valence-corrected chi connectivity index (χ1v) is 8.49. The minimum atomic E-state index is -0.427. The van der Waals surface area contributed by atoms with E-state index in [1.807, 2.05) is 31.5 Å². The molecule has 0 radical (unpaired) electrons. The van der Waals surface area contributed by atoms with Crippen LogP contribution < -0.4 is 5.32 Å². The van der Waals surface area contributed by atoms with Crippen molar-refractivity contribution in [3.05, 3.63) is 23.2 Å². The molecule has 6 nitrogen and oxygen atoms in total. The Labute approximate surface area is 145 Å². The Morgan fingerprint density at radius 3 is 2.83 bits per heavy atom. The van der Waals surface area contributed by atoms with Crippen molar-refractivity contribution in [2.45, 2.75) is 32.7 Å². The Morgan fingerprint density at radius 2 is 2.12 bits per heavy atom. The number of aryl methyl sites for hydroxylation is 1. The molecule has 3 rings (SSSR count). The summed E-state index contributed by atoms with van der Waals surface area (Å²) in [6, 6.07) is 4.99. The van der Waals surface area contributed by atoms with Crippen LogP contribution in [0.3, 0.4) is 0 Å². The molecule has 1 unspecified atom stereocenters. The third-order valence-corrected chi connectivity index (χ3v) is 4.65. The van der Waals surface area contributed by atoms with Gasteiger partial charge >= 0.3 is 0 Å². The molecule has 24 heavy (non-hydrogen) atoms. The summed E-state index contributed by atoms with van der Waals surface area (Å²) >= 11 is 5.99. The second-order valence-electron chi connectivity index (χ2n) is 6.46. The monoisotopic (exact) mass is 348 g/mol. The predicted octanol–water partition coefficient (Wildman–Crippen LogP) is 2.81. The van der Waals surface area contributed by atoms with Crippen molar-refractivity contribution in [3.8, 4) is 0 Å². The van der Waals surface area contributed by atoms with E-state index < -0.39 is 6.04 Å². The maximum absolute atomic E-state index is 12.7. The lowest BCUT2D eigenvalue weighted by Gasteiger charge is -2.25. The van der Waals surface area contributed by atoms with Gasteiger partial charge in [-0.15, -0.1) is 0 Å². The zero-order chi connectivity index (χ0) is 17.4. The number of benzene rings is 1. The molecular formula is C17H21ClN4O2. The summed E-state index contributed by atoms with van der Waals surface area (Å²) in [7, 11) is 1.84. The Hall–Kier alpha value is -2.08. The van der Waals surface area contributed by atoms with Gasteiger partial charge in [0.1, 0.15) is 6.04 Å². The van der Waals surface area contributed by atoms with Gasteiger partial charge in [0.25, 0.3) is 0 Å². The molecule has 1 aliphatic heterocycles. The summed E-state index contributed by atoms with van der Waals surface area (Å²) in [6.07, 6.45) is 1.52. The van der Waals surface area contributed by atoms with Crippen LogP contribution in [0.1, 0.15) is 26.7 Å². The number of carbonyl (C=O) groups excluding carboxylic acids is 2. The van der Waals surface area contributed by atoms with E-state index in [4.69, 9.17) is 11.6 Å². The molecule has 1 N–H and O–H groups in total. The average molecular weight is 349 g/mol. The van der Waals surface area contributed by atoms with E-state index in [0.29, 0.717) is 23.9 Å². The van der Waals surface area contributed by atoms with Crippen LogP contribution in [0.15, 0.2) is 18.2 Å². The molecule has 1 aliphatic rings. The zero-order valence-corrected chi connectivity index (χ0v) is 14.8. The van der Waals surface area contributed by atoms with E-state index >= 15 is 0 Å². The summed E-state index contributed by atoms with van der Waals surface area (Å²) in [5, 5.41) is 3.46. The number of aromatic nitrogens is 2. The summed E-state index contributed by atoms with van der Waals surface area (Å²) in [4.78, 5) is 31.0. The van der Waals surface area contributed by atoms with Crippen molar-refractivity contribution >= 4 is 40.4 Å². The quantitative estimate of drug-likeness (QED) is 0.927. The second kappa shape index (κ2) is 6.43. The Morgan fingerprint density at radius 1 is 1.38 bits per heavy atom. The molecule has 0 spiro atoms. The molecule has 0 bridgehead atoms. The predicted molar refractivity (Wildman–Crippen MR) is 93.9 cm³/mol. The van der Waals surface area contributed by atoms with Gasteiger partial charge in [-0.2, -0.15) is 0 Å². The highest BCUT2D eigenvalue weighted by atomic mass is 35.5. The number of nitrogens with zero attached hydrogens (tertiary/aromatic N) is 3. The van der Waals surface area contributed by atoms with Gasteiger partial charge in [-0.25, -0.2) is 4.98 Å². The van der Waals surface area contributed by atoms with Gasteiger partial charge in [0.2, 0.25) is 17.8 Å². The van der Waals surface area contributed by atoms with Crippen molar-refractivity contribution in [3.63, 3.8) is 0 Å². The Balaban J connectivity index is 1.82. The normalized spacial score (nSPS) is 17.7. The number of imidazole rings is 1. The third-order valence-electron chi connectivity index (χ3n) is 4.41. The zero-order valence-electron chi connectivity index (χ0n) is 14.0. The van der Waals surface area contributed by atoms with Gasteiger partial charge in [0.15, 0.2) is 0 Å². The number of nitrogens with one attached hydrogen (secondary N) is 1. The molecule has 1 atom stereocenters. The lowest BCUT2D eigenvalue weighted by Crippen LogP contribution is -2.45. The maximum Gasteiger partial charge on any atom is 0.249 e. The number of anilines is 1. The average Bonchev–Trinajstić information content (AvgIpc) is 3.12. The van der Waals surface area contributed by atoms with Crippen molar-refractivity contribution in [1.82, 2.24) is 14.5 Å². The van der Waals surface area contributed by atoms with Crippen LogP contribution >= 0.6 is 11.6 Å². The third kappa shape index (κ3) is 2.98. The Kier molecular flexibility index (Phi) is 4.49. The molecule has 0 saturated carbocycles. The van der Waals surface area contributed by atoms with Crippen LogP contribution in [0, 0.1) is 5.92 Å². The molecule has 7 heteroatoms. The van der Waals surface area contributed by atoms with Crippen molar-refractivity contribution in [1.29, 1.82) is 0 Å². The van der Waals surface area contributed by atoms with Crippen molar-refractivity contribution in [2.24, 2.45) is 13.0 Å². The molecule has 1 aromatic heterocycles. The highest BCUT2D eigenvalue weighted by Crippen LogP contribution is 2.24. The van der Waals surface area contributed by atoms with Crippen molar-refractivity contribution in [2.75, 3.05) is 11.9 Å². The van der Waals surface area contributed by atoms with E-state index in [1.165, 1.54) is 0 Å². The van der Waals surface area contributed by atoms with Crippen LogP contribution in [0.25, 0.3) is 11.0 Å².